The molecule has 5 heteroatoms. The molecule has 0 spiro atoms. The normalized spacial score (nSPS) is 14.2. The van der Waals surface area contributed by atoms with Crippen LogP contribution in [0.3, 0.4) is 0 Å². The first-order chi connectivity index (χ1) is 8.88. The molecule has 0 aromatic rings. The Balaban J connectivity index is 3.98. The molecule has 0 aliphatic rings. The van der Waals surface area contributed by atoms with Crippen molar-refractivity contribution in [1.29, 1.82) is 0 Å². The summed E-state index contributed by atoms with van der Waals surface area (Å²) in [4.78, 5) is 22.3. The van der Waals surface area contributed by atoms with Crippen LogP contribution < -0.4 is 10.6 Å². The minimum Gasteiger partial charge on any atom is -0.481 e. The summed E-state index contributed by atoms with van der Waals surface area (Å²) in [5, 5.41) is 14.6. The van der Waals surface area contributed by atoms with E-state index >= 15 is 0 Å². The molecule has 5 nitrogen and oxygen atoms in total. The molecular formula is C14H28N2O3. The van der Waals surface area contributed by atoms with Crippen LogP contribution >= 0.6 is 0 Å². The Labute approximate surface area is 116 Å². The van der Waals surface area contributed by atoms with Crippen LogP contribution in [-0.2, 0) is 9.59 Å². The largest absolute Gasteiger partial charge is 0.481 e. The number of aliphatic carboxylic acids is 1. The predicted molar refractivity (Wildman–Crippen MR) is 75.9 cm³/mol. The van der Waals surface area contributed by atoms with Gasteiger partial charge in [-0.25, -0.2) is 0 Å². The second-order valence-corrected chi connectivity index (χ2v) is 5.47. The van der Waals surface area contributed by atoms with E-state index in [9.17, 15) is 9.59 Å². The van der Waals surface area contributed by atoms with Gasteiger partial charge in [0.1, 0.15) is 0 Å². The molecule has 3 N–H and O–H groups in total. The van der Waals surface area contributed by atoms with E-state index in [2.05, 4.69) is 24.5 Å². The molecule has 112 valence electrons. The molecule has 0 rings (SSSR count). The lowest BCUT2D eigenvalue weighted by Gasteiger charge is -2.20. The van der Waals surface area contributed by atoms with E-state index in [0.29, 0.717) is 31.3 Å². The zero-order valence-corrected chi connectivity index (χ0v) is 12.5. The maximum absolute atomic E-state index is 11.7. The highest BCUT2D eigenvalue weighted by Crippen LogP contribution is 2.20. The van der Waals surface area contributed by atoms with Gasteiger partial charge in [-0.1, -0.05) is 20.8 Å². The number of carboxylic acid groups (broad SMARTS) is 1. The Hall–Kier alpha value is -1.10. The van der Waals surface area contributed by atoms with E-state index < -0.39 is 5.97 Å². The first-order valence-corrected chi connectivity index (χ1v) is 7.02. The topological polar surface area (TPSA) is 78.4 Å². The van der Waals surface area contributed by atoms with Crippen LogP contribution in [0.4, 0.5) is 0 Å². The molecule has 0 aliphatic carbocycles. The maximum Gasteiger partial charge on any atom is 0.303 e. The van der Waals surface area contributed by atoms with Crippen molar-refractivity contribution in [2.45, 2.75) is 40.0 Å². The Morgan fingerprint density at radius 3 is 2.26 bits per heavy atom. The quantitative estimate of drug-likeness (QED) is 0.563. The Kier molecular flexibility index (Phi) is 9.21. The zero-order valence-electron chi connectivity index (χ0n) is 12.5. The number of carbonyl (C=O) groups is 2. The van der Waals surface area contributed by atoms with Gasteiger partial charge in [-0.2, -0.15) is 0 Å². The summed E-state index contributed by atoms with van der Waals surface area (Å²) in [7, 11) is 1.82. The van der Waals surface area contributed by atoms with Crippen molar-refractivity contribution in [2.24, 2.45) is 17.8 Å². The smallest absolute Gasteiger partial charge is 0.303 e. The summed E-state index contributed by atoms with van der Waals surface area (Å²) < 4.78 is 0. The van der Waals surface area contributed by atoms with Gasteiger partial charge < -0.3 is 15.7 Å². The van der Waals surface area contributed by atoms with Gasteiger partial charge in [-0.15, -0.1) is 0 Å². The summed E-state index contributed by atoms with van der Waals surface area (Å²) >= 11 is 0. The van der Waals surface area contributed by atoms with Gasteiger partial charge in [0.2, 0.25) is 5.91 Å². The third kappa shape index (κ3) is 8.59. The maximum atomic E-state index is 11.7. The molecule has 0 fully saturated rings. The number of hydrogen-bond donors (Lipinski definition) is 3. The van der Waals surface area contributed by atoms with Crippen molar-refractivity contribution >= 4 is 11.9 Å². The van der Waals surface area contributed by atoms with E-state index in [1.807, 2.05) is 14.0 Å². The Bertz CT molecular complexity index is 280. The van der Waals surface area contributed by atoms with E-state index in [1.165, 1.54) is 0 Å². The van der Waals surface area contributed by atoms with Crippen molar-refractivity contribution in [3.05, 3.63) is 0 Å². The van der Waals surface area contributed by atoms with Crippen LogP contribution in [0, 0.1) is 17.8 Å². The fourth-order valence-electron chi connectivity index (χ4n) is 2.07. The fourth-order valence-corrected chi connectivity index (χ4v) is 2.07. The first-order valence-electron chi connectivity index (χ1n) is 7.02. The van der Waals surface area contributed by atoms with Crippen LogP contribution in [0.5, 0.6) is 0 Å². The SMILES string of the molecule is CNCC(C)C(=O)NCCC(CCC(=O)O)C(C)C. The summed E-state index contributed by atoms with van der Waals surface area (Å²) in [6.07, 6.45) is 1.71. The average Bonchev–Trinajstić information content (AvgIpc) is 2.32. The summed E-state index contributed by atoms with van der Waals surface area (Å²) in [6, 6.07) is 0. The number of nitrogens with one attached hydrogen (secondary N) is 2. The van der Waals surface area contributed by atoms with Gasteiger partial charge in [-0.3, -0.25) is 9.59 Å². The molecule has 2 atom stereocenters. The number of rotatable bonds is 10. The number of amides is 1. The molecule has 1 amide bonds. The lowest BCUT2D eigenvalue weighted by atomic mass is 9.88. The van der Waals surface area contributed by atoms with E-state index in [4.69, 9.17) is 5.11 Å². The van der Waals surface area contributed by atoms with Crippen molar-refractivity contribution in [1.82, 2.24) is 10.6 Å². The molecule has 0 saturated heterocycles. The Morgan fingerprint density at radius 1 is 1.16 bits per heavy atom. The van der Waals surface area contributed by atoms with Crippen molar-refractivity contribution in [3.63, 3.8) is 0 Å². The lowest BCUT2D eigenvalue weighted by Crippen LogP contribution is -2.35. The van der Waals surface area contributed by atoms with E-state index in [-0.39, 0.29) is 18.2 Å². The van der Waals surface area contributed by atoms with Crippen LogP contribution in [-0.4, -0.2) is 37.1 Å². The fraction of sp³-hybridized carbons (Fsp3) is 0.857. The number of carbonyl (C=O) groups excluding carboxylic acids is 1. The van der Waals surface area contributed by atoms with Crippen molar-refractivity contribution < 1.29 is 14.7 Å². The number of carboxylic acids is 1. The minimum atomic E-state index is -0.752. The highest BCUT2D eigenvalue weighted by molar-refractivity contribution is 5.78. The van der Waals surface area contributed by atoms with Crippen molar-refractivity contribution in [2.75, 3.05) is 20.1 Å². The Morgan fingerprint density at radius 2 is 1.79 bits per heavy atom. The summed E-state index contributed by atoms with van der Waals surface area (Å²) in [5.41, 5.74) is 0. The molecular weight excluding hydrogens is 244 g/mol. The minimum absolute atomic E-state index is 0.0403. The van der Waals surface area contributed by atoms with E-state index in [1.54, 1.807) is 0 Å². The van der Waals surface area contributed by atoms with Gasteiger partial charge in [0.25, 0.3) is 0 Å². The highest BCUT2D eigenvalue weighted by Gasteiger charge is 2.16. The zero-order chi connectivity index (χ0) is 14.8. The average molecular weight is 272 g/mol. The first kappa shape index (κ1) is 17.9. The van der Waals surface area contributed by atoms with Gasteiger partial charge in [0.15, 0.2) is 0 Å². The third-order valence-corrected chi connectivity index (χ3v) is 3.44. The molecule has 0 radical (unpaired) electrons. The molecule has 0 aromatic heterocycles. The standard InChI is InChI=1S/C14H28N2O3/c1-10(2)12(5-6-13(17)18)7-8-16-14(19)11(3)9-15-4/h10-12,15H,5-9H2,1-4H3,(H,16,19)(H,17,18). The second-order valence-electron chi connectivity index (χ2n) is 5.47. The van der Waals surface area contributed by atoms with Crippen LogP contribution in [0.1, 0.15) is 40.0 Å². The van der Waals surface area contributed by atoms with Gasteiger partial charge in [0, 0.05) is 25.4 Å². The van der Waals surface area contributed by atoms with Crippen molar-refractivity contribution in [3.8, 4) is 0 Å². The van der Waals surface area contributed by atoms with E-state index in [0.717, 1.165) is 6.42 Å². The third-order valence-electron chi connectivity index (χ3n) is 3.44. The summed E-state index contributed by atoms with van der Waals surface area (Å²) in [6.45, 7) is 7.36. The van der Waals surface area contributed by atoms with Gasteiger partial charge in [0.05, 0.1) is 0 Å². The predicted octanol–water partition coefficient (Wildman–Crippen LogP) is 1.49. The van der Waals surface area contributed by atoms with Crippen LogP contribution in [0.25, 0.3) is 0 Å². The van der Waals surface area contributed by atoms with Crippen LogP contribution in [0.2, 0.25) is 0 Å². The molecule has 0 saturated carbocycles. The van der Waals surface area contributed by atoms with Gasteiger partial charge in [-0.05, 0) is 31.7 Å². The highest BCUT2D eigenvalue weighted by atomic mass is 16.4. The lowest BCUT2D eigenvalue weighted by molar-refractivity contribution is -0.137. The molecule has 0 bridgehead atoms. The van der Waals surface area contributed by atoms with Crippen LogP contribution in [0.15, 0.2) is 0 Å². The molecule has 2 unspecified atom stereocenters. The monoisotopic (exact) mass is 272 g/mol. The second kappa shape index (κ2) is 9.78. The molecule has 19 heavy (non-hydrogen) atoms. The molecule has 0 heterocycles. The summed E-state index contributed by atoms with van der Waals surface area (Å²) in [5.74, 6) is 0.0379. The molecule has 0 aliphatic heterocycles. The van der Waals surface area contributed by atoms with Gasteiger partial charge >= 0.3 is 5.97 Å². The molecule has 0 aromatic carbocycles. The number of hydrogen-bond acceptors (Lipinski definition) is 3.